The summed E-state index contributed by atoms with van der Waals surface area (Å²) in [7, 11) is 0. The SMILES string of the molecule is Clc1ccc(C(OCCN2CCCOC2)c2ccccc2)cc1. The maximum Gasteiger partial charge on any atom is 0.108 e. The van der Waals surface area contributed by atoms with Gasteiger partial charge < -0.3 is 9.47 Å². The van der Waals surface area contributed by atoms with E-state index >= 15 is 0 Å². The second-order valence-corrected chi connectivity index (χ2v) is 6.16. The van der Waals surface area contributed by atoms with Crippen LogP contribution < -0.4 is 0 Å². The van der Waals surface area contributed by atoms with Gasteiger partial charge in [0.2, 0.25) is 0 Å². The van der Waals surface area contributed by atoms with Gasteiger partial charge in [0.05, 0.1) is 13.3 Å². The first kappa shape index (κ1) is 16.5. The van der Waals surface area contributed by atoms with E-state index in [2.05, 4.69) is 17.0 Å². The van der Waals surface area contributed by atoms with Crippen molar-refractivity contribution in [3.8, 4) is 0 Å². The van der Waals surface area contributed by atoms with Gasteiger partial charge in [0.15, 0.2) is 0 Å². The zero-order valence-electron chi connectivity index (χ0n) is 13.2. The van der Waals surface area contributed by atoms with Crippen LogP contribution in [0.15, 0.2) is 54.6 Å². The van der Waals surface area contributed by atoms with Crippen LogP contribution in [0.5, 0.6) is 0 Å². The number of halogens is 1. The molecule has 1 heterocycles. The quantitative estimate of drug-likeness (QED) is 0.794. The van der Waals surface area contributed by atoms with Crippen molar-refractivity contribution in [1.82, 2.24) is 4.90 Å². The molecule has 122 valence electrons. The molecular formula is C19H22ClNO2. The predicted molar refractivity (Wildman–Crippen MR) is 92.7 cm³/mol. The molecule has 0 N–H and O–H groups in total. The standard InChI is InChI=1S/C19H22ClNO2/c20-18-9-7-17(8-10-18)19(16-5-2-1-3-6-16)23-14-12-21-11-4-13-22-15-21/h1-3,5-10,19H,4,11-15H2. The molecule has 3 nitrogen and oxygen atoms in total. The lowest BCUT2D eigenvalue weighted by atomic mass is 10.0. The first-order valence-electron chi connectivity index (χ1n) is 8.05. The molecular weight excluding hydrogens is 310 g/mol. The van der Waals surface area contributed by atoms with Crippen molar-refractivity contribution in [2.45, 2.75) is 12.5 Å². The van der Waals surface area contributed by atoms with Crippen LogP contribution in [0.1, 0.15) is 23.7 Å². The first-order valence-corrected chi connectivity index (χ1v) is 8.43. The third-order valence-corrected chi connectivity index (χ3v) is 4.26. The molecule has 0 spiro atoms. The van der Waals surface area contributed by atoms with Gasteiger partial charge in [-0.2, -0.15) is 0 Å². The molecule has 0 bridgehead atoms. The summed E-state index contributed by atoms with van der Waals surface area (Å²) in [4.78, 5) is 2.29. The van der Waals surface area contributed by atoms with Crippen LogP contribution in [0.4, 0.5) is 0 Å². The van der Waals surface area contributed by atoms with Crippen LogP contribution in [0.25, 0.3) is 0 Å². The van der Waals surface area contributed by atoms with Gasteiger partial charge in [-0.05, 0) is 29.7 Å². The Kier molecular flexibility index (Phi) is 6.06. The Morgan fingerprint density at radius 2 is 1.78 bits per heavy atom. The lowest BCUT2D eigenvalue weighted by molar-refractivity contribution is -0.0320. The number of rotatable bonds is 6. The van der Waals surface area contributed by atoms with E-state index in [1.165, 1.54) is 0 Å². The second kappa shape index (κ2) is 8.46. The Hall–Kier alpha value is -1.39. The Labute approximate surface area is 142 Å². The van der Waals surface area contributed by atoms with E-state index in [4.69, 9.17) is 21.1 Å². The smallest absolute Gasteiger partial charge is 0.108 e. The highest BCUT2D eigenvalue weighted by Crippen LogP contribution is 2.27. The van der Waals surface area contributed by atoms with Crippen molar-refractivity contribution in [3.63, 3.8) is 0 Å². The molecule has 3 rings (SSSR count). The molecule has 1 aliphatic heterocycles. The molecule has 0 aliphatic carbocycles. The fourth-order valence-electron chi connectivity index (χ4n) is 2.77. The molecule has 2 aromatic rings. The van der Waals surface area contributed by atoms with Gasteiger partial charge in [-0.3, -0.25) is 4.90 Å². The molecule has 1 atom stereocenters. The molecule has 2 aromatic carbocycles. The summed E-state index contributed by atoms with van der Waals surface area (Å²) in [5, 5.41) is 0.742. The summed E-state index contributed by atoms with van der Waals surface area (Å²) in [5.41, 5.74) is 2.28. The third kappa shape index (κ3) is 4.79. The topological polar surface area (TPSA) is 21.7 Å². The van der Waals surface area contributed by atoms with E-state index < -0.39 is 0 Å². The summed E-state index contributed by atoms with van der Waals surface area (Å²) < 4.78 is 11.7. The van der Waals surface area contributed by atoms with Gasteiger partial charge in [-0.15, -0.1) is 0 Å². The summed E-state index contributed by atoms with van der Waals surface area (Å²) in [6.07, 6.45) is 1.03. The van der Waals surface area contributed by atoms with E-state index in [-0.39, 0.29) is 6.10 Å². The van der Waals surface area contributed by atoms with Crippen molar-refractivity contribution < 1.29 is 9.47 Å². The van der Waals surface area contributed by atoms with Crippen LogP contribution in [0, 0.1) is 0 Å². The normalized spacial score (nSPS) is 17.1. The second-order valence-electron chi connectivity index (χ2n) is 5.72. The maximum atomic E-state index is 6.22. The van der Waals surface area contributed by atoms with Crippen LogP contribution in [0.2, 0.25) is 5.02 Å². The average Bonchev–Trinajstić information content (AvgIpc) is 2.61. The Morgan fingerprint density at radius 3 is 2.48 bits per heavy atom. The fourth-order valence-corrected chi connectivity index (χ4v) is 2.90. The molecule has 1 aliphatic rings. The minimum Gasteiger partial charge on any atom is -0.367 e. The maximum absolute atomic E-state index is 6.22. The van der Waals surface area contributed by atoms with E-state index in [0.29, 0.717) is 13.3 Å². The number of benzene rings is 2. The van der Waals surface area contributed by atoms with E-state index in [9.17, 15) is 0 Å². The summed E-state index contributed by atoms with van der Waals surface area (Å²) in [6.45, 7) is 4.22. The van der Waals surface area contributed by atoms with Crippen LogP contribution in [0.3, 0.4) is 0 Å². The Bertz CT molecular complexity index is 582. The zero-order chi connectivity index (χ0) is 15.9. The number of nitrogens with zero attached hydrogens (tertiary/aromatic N) is 1. The largest absolute Gasteiger partial charge is 0.367 e. The number of hydrogen-bond donors (Lipinski definition) is 0. The molecule has 4 heteroatoms. The highest BCUT2D eigenvalue weighted by molar-refractivity contribution is 6.30. The number of ether oxygens (including phenoxy) is 2. The van der Waals surface area contributed by atoms with Crippen molar-refractivity contribution in [3.05, 3.63) is 70.7 Å². The summed E-state index contributed by atoms with van der Waals surface area (Å²) in [5.74, 6) is 0. The van der Waals surface area contributed by atoms with E-state index in [0.717, 1.165) is 42.3 Å². The monoisotopic (exact) mass is 331 g/mol. The molecule has 1 unspecified atom stereocenters. The van der Waals surface area contributed by atoms with Crippen molar-refractivity contribution in [2.75, 3.05) is 33.0 Å². The minimum absolute atomic E-state index is 0.0702. The van der Waals surface area contributed by atoms with Gasteiger partial charge in [0.25, 0.3) is 0 Å². The average molecular weight is 332 g/mol. The van der Waals surface area contributed by atoms with E-state index in [1.54, 1.807) is 0 Å². The highest BCUT2D eigenvalue weighted by Gasteiger charge is 2.16. The lowest BCUT2D eigenvalue weighted by Crippen LogP contribution is -2.35. The predicted octanol–water partition coefficient (Wildman–Crippen LogP) is 4.13. The highest BCUT2D eigenvalue weighted by atomic mass is 35.5. The fraction of sp³-hybridized carbons (Fsp3) is 0.368. The molecule has 1 saturated heterocycles. The first-order chi connectivity index (χ1) is 11.3. The van der Waals surface area contributed by atoms with Crippen molar-refractivity contribution >= 4 is 11.6 Å². The molecule has 0 aromatic heterocycles. The minimum atomic E-state index is -0.0702. The third-order valence-electron chi connectivity index (χ3n) is 4.00. The van der Waals surface area contributed by atoms with Gasteiger partial charge in [-0.1, -0.05) is 54.1 Å². The Morgan fingerprint density at radius 1 is 1.04 bits per heavy atom. The molecule has 0 saturated carbocycles. The van der Waals surface area contributed by atoms with Crippen LogP contribution in [-0.4, -0.2) is 37.9 Å². The van der Waals surface area contributed by atoms with Gasteiger partial charge >= 0.3 is 0 Å². The molecule has 0 radical (unpaired) electrons. The zero-order valence-corrected chi connectivity index (χ0v) is 13.9. The number of hydrogen-bond acceptors (Lipinski definition) is 3. The van der Waals surface area contributed by atoms with Crippen molar-refractivity contribution in [2.24, 2.45) is 0 Å². The summed E-state index contributed by atoms with van der Waals surface area (Å²) >= 11 is 6.01. The van der Waals surface area contributed by atoms with Crippen LogP contribution in [-0.2, 0) is 9.47 Å². The lowest BCUT2D eigenvalue weighted by Gasteiger charge is -2.27. The molecule has 1 fully saturated rings. The molecule has 23 heavy (non-hydrogen) atoms. The van der Waals surface area contributed by atoms with Crippen LogP contribution >= 0.6 is 11.6 Å². The van der Waals surface area contributed by atoms with Crippen molar-refractivity contribution in [1.29, 1.82) is 0 Å². The van der Waals surface area contributed by atoms with Gasteiger partial charge in [0.1, 0.15) is 6.10 Å². The Balaban J connectivity index is 1.66. The van der Waals surface area contributed by atoms with Gasteiger partial charge in [-0.25, -0.2) is 0 Å². The molecule has 0 amide bonds. The van der Waals surface area contributed by atoms with Gasteiger partial charge in [0, 0.05) is 24.7 Å². The van der Waals surface area contributed by atoms with E-state index in [1.807, 2.05) is 42.5 Å². The summed E-state index contributed by atoms with van der Waals surface area (Å²) in [6, 6.07) is 18.2.